The van der Waals surface area contributed by atoms with Crippen LogP contribution in [0.1, 0.15) is 16.3 Å². The summed E-state index contributed by atoms with van der Waals surface area (Å²) in [4.78, 5) is 19.4. The van der Waals surface area contributed by atoms with Crippen LogP contribution in [0.2, 0.25) is 0 Å². The molecule has 0 fully saturated rings. The molecule has 1 amide bonds. The van der Waals surface area contributed by atoms with E-state index in [0.29, 0.717) is 10.9 Å². The van der Waals surface area contributed by atoms with Gasteiger partial charge in [-0.25, -0.2) is 10.4 Å². The van der Waals surface area contributed by atoms with E-state index in [1.165, 1.54) is 24.2 Å². The molecule has 0 saturated heterocycles. The molecule has 0 aliphatic carbocycles. The maximum absolute atomic E-state index is 11.7. The number of H-pyrrole nitrogens is 1. The fourth-order valence-corrected chi connectivity index (χ4v) is 2.92. The number of carbonyl (C=O) groups is 1. The van der Waals surface area contributed by atoms with E-state index < -0.39 is 5.91 Å². The van der Waals surface area contributed by atoms with Crippen molar-refractivity contribution in [1.29, 1.82) is 0 Å². The highest BCUT2D eigenvalue weighted by Crippen LogP contribution is 2.28. The standard InChI is InChI=1S/C17H12N4O3S/c22-16(14-6-3-9-23-14)21-18-10-11-7-8-15(24-11)25-17-19-12-4-1-2-5-13(12)20-17/h1-10H,(H,19,20)(H,21,22). The van der Waals surface area contributed by atoms with E-state index in [9.17, 15) is 4.79 Å². The Morgan fingerprint density at radius 2 is 2.12 bits per heavy atom. The first kappa shape index (κ1) is 15.3. The fourth-order valence-electron chi connectivity index (χ4n) is 2.15. The molecule has 25 heavy (non-hydrogen) atoms. The summed E-state index contributed by atoms with van der Waals surface area (Å²) in [6, 6.07) is 14.6. The molecule has 8 heteroatoms. The first-order chi connectivity index (χ1) is 12.3. The van der Waals surface area contributed by atoms with E-state index in [4.69, 9.17) is 8.83 Å². The largest absolute Gasteiger partial charge is 0.459 e. The zero-order chi connectivity index (χ0) is 17.1. The number of hydrazone groups is 1. The topological polar surface area (TPSA) is 96.4 Å². The van der Waals surface area contributed by atoms with Gasteiger partial charge in [0.2, 0.25) is 0 Å². The molecule has 2 N–H and O–H groups in total. The molecule has 0 saturated carbocycles. The van der Waals surface area contributed by atoms with Gasteiger partial charge in [0.1, 0.15) is 5.76 Å². The van der Waals surface area contributed by atoms with Crippen molar-refractivity contribution in [3.05, 3.63) is 66.3 Å². The van der Waals surface area contributed by atoms with Crippen LogP contribution in [0.5, 0.6) is 0 Å². The van der Waals surface area contributed by atoms with Gasteiger partial charge in [0.05, 0.1) is 23.5 Å². The second kappa shape index (κ2) is 6.70. The van der Waals surface area contributed by atoms with Crippen molar-refractivity contribution in [2.45, 2.75) is 10.2 Å². The summed E-state index contributed by atoms with van der Waals surface area (Å²) in [6.45, 7) is 0. The van der Waals surface area contributed by atoms with E-state index in [1.807, 2.05) is 30.3 Å². The monoisotopic (exact) mass is 352 g/mol. The number of aromatic amines is 1. The van der Waals surface area contributed by atoms with Crippen molar-refractivity contribution in [2.75, 3.05) is 0 Å². The van der Waals surface area contributed by atoms with Crippen molar-refractivity contribution < 1.29 is 13.6 Å². The number of fused-ring (bicyclic) bond motifs is 1. The maximum Gasteiger partial charge on any atom is 0.307 e. The molecule has 3 aromatic heterocycles. The van der Waals surface area contributed by atoms with Crippen LogP contribution in [0, 0.1) is 0 Å². The fraction of sp³-hybridized carbons (Fsp3) is 0. The number of para-hydroxylation sites is 2. The average molecular weight is 352 g/mol. The van der Waals surface area contributed by atoms with E-state index in [2.05, 4.69) is 20.5 Å². The number of amides is 1. The maximum atomic E-state index is 11.7. The molecule has 124 valence electrons. The zero-order valence-electron chi connectivity index (χ0n) is 12.8. The zero-order valence-corrected chi connectivity index (χ0v) is 13.6. The quantitative estimate of drug-likeness (QED) is 0.422. The second-order valence-electron chi connectivity index (χ2n) is 4.99. The summed E-state index contributed by atoms with van der Waals surface area (Å²) in [5, 5.41) is 5.25. The lowest BCUT2D eigenvalue weighted by atomic mass is 10.3. The highest BCUT2D eigenvalue weighted by Gasteiger charge is 2.08. The predicted molar refractivity (Wildman–Crippen MR) is 92.7 cm³/mol. The van der Waals surface area contributed by atoms with Crippen LogP contribution in [0.3, 0.4) is 0 Å². The van der Waals surface area contributed by atoms with Crippen LogP contribution in [0.25, 0.3) is 11.0 Å². The lowest BCUT2D eigenvalue weighted by Gasteiger charge is -1.94. The Balaban J connectivity index is 1.40. The highest BCUT2D eigenvalue weighted by atomic mass is 32.2. The molecule has 0 aliphatic rings. The third-order valence-electron chi connectivity index (χ3n) is 3.27. The van der Waals surface area contributed by atoms with Gasteiger partial charge >= 0.3 is 5.91 Å². The Labute approximate surface area is 146 Å². The number of aromatic nitrogens is 2. The third-order valence-corrected chi connectivity index (χ3v) is 4.08. The first-order valence-electron chi connectivity index (χ1n) is 7.37. The minimum Gasteiger partial charge on any atom is -0.459 e. The Morgan fingerprint density at radius 1 is 1.20 bits per heavy atom. The van der Waals surface area contributed by atoms with Gasteiger partial charge < -0.3 is 13.8 Å². The highest BCUT2D eigenvalue weighted by molar-refractivity contribution is 7.99. The van der Waals surface area contributed by atoms with Crippen molar-refractivity contribution in [3.63, 3.8) is 0 Å². The van der Waals surface area contributed by atoms with Crippen LogP contribution in [0.15, 0.2) is 79.0 Å². The van der Waals surface area contributed by atoms with Gasteiger partial charge in [-0.2, -0.15) is 5.10 Å². The smallest absolute Gasteiger partial charge is 0.307 e. The number of hydrogen-bond donors (Lipinski definition) is 2. The molecular formula is C17H12N4O3S. The summed E-state index contributed by atoms with van der Waals surface area (Å²) < 4.78 is 10.6. The van der Waals surface area contributed by atoms with Crippen LogP contribution < -0.4 is 5.43 Å². The van der Waals surface area contributed by atoms with Crippen LogP contribution in [-0.4, -0.2) is 22.1 Å². The van der Waals surface area contributed by atoms with Gasteiger partial charge in [0.25, 0.3) is 0 Å². The molecule has 0 bridgehead atoms. The van der Waals surface area contributed by atoms with Gasteiger partial charge in [-0.05, 0) is 48.2 Å². The molecule has 0 radical (unpaired) electrons. The van der Waals surface area contributed by atoms with Crippen LogP contribution >= 0.6 is 11.8 Å². The van der Waals surface area contributed by atoms with Crippen molar-refractivity contribution >= 4 is 34.9 Å². The van der Waals surface area contributed by atoms with Crippen LogP contribution in [-0.2, 0) is 0 Å². The minimum atomic E-state index is -0.426. The number of rotatable bonds is 5. The summed E-state index contributed by atoms with van der Waals surface area (Å²) in [5.41, 5.74) is 4.23. The van der Waals surface area contributed by atoms with Gasteiger partial charge in [0.15, 0.2) is 16.0 Å². The molecule has 0 spiro atoms. The summed E-state index contributed by atoms with van der Waals surface area (Å²) in [5.74, 6) is 0.278. The molecule has 0 aliphatic heterocycles. The number of furan rings is 2. The molecule has 3 heterocycles. The summed E-state index contributed by atoms with van der Waals surface area (Å²) in [6.07, 6.45) is 2.84. The van der Waals surface area contributed by atoms with Crippen molar-refractivity contribution in [2.24, 2.45) is 5.10 Å². The molecule has 7 nitrogen and oxygen atoms in total. The minimum absolute atomic E-state index is 0.192. The van der Waals surface area contributed by atoms with Gasteiger partial charge in [-0.1, -0.05) is 12.1 Å². The van der Waals surface area contributed by atoms with Crippen molar-refractivity contribution in [1.82, 2.24) is 15.4 Å². The Morgan fingerprint density at radius 3 is 2.96 bits per heavy atom. The molecule has 0 unspecified atom stereocenters. The molecule has 1 aromatic carbocycles. The molecule has 4 aromatic rings. The predicted octanol–water partition coefficient (Wildman–Crippen LogP) is 3.66. The van der Waals surface area contributed by atoms with E-state index in [0.717, 1.165) is 16.2 Å². The van der Waals surface area contributed by atoms with Gasteiger partial charge in [-0.15, -0.1) is 0 Å². The number of hydrogen-bond acceptors (Lipinski definition) is 6. The van der Waals surface area contributed by atoms with Crippen molar-refractivity contribution in [3.8, 4) is 0 Å². The molecular weight excluding hydrogens is 340 g/mol. The van der Waals surface area contributed by atoms with Gasteiger partial charge in [0, 0.05) is 0 Å². The summed E-state index contributed by atoms with van der Waals surface area (Å²) in [7, 11) is 0. The van der Waals surface area contributed by atoms with E-state index >= 15 is 0 Å². The Bertz CT molecular complexity index is 1000. The first-order valence-corrected chi connectivity index (χ1v) is 8.19. The summed E-state index contributed by atoms with van der Waals surface area (Å²) >= 11 is 1.37. The van der Waals surface area contributed by atoms with E-state index in [1.54, 1.807) is 18.2 Å². The second-order valence-corrected chi connectivity index (χ2v) is 5.99. The lowest BCUT2D eigenvalue weighted by Crippen LogP contribution is -2.16. The number of imidazole rings is 1. The lowest BCUT2D eigenvalue weighted by molar-refractivity contribution is 0.0927. The Kier molecular flexibility index (Phi) is 4.09. The third kappa shape index (κ3) is 3.48. The molecule has 0 atom stereocenters. The number of benzene rings is 1. The van der Waals surface area contributed by atoms with Crippen LogP contribution in [0.4, 0.5) is 0 Å². The average Bonchev–Trinajstić information content (AvgIpc) is 3.35. The molecule has 4 rings (SSSR count). The Hall–Kier alpha value is -3.26. The van der Waals surface area contributed by atoms with Gasteiger partial charge in [-0.3, -0.25) is 4.79 Å². The van der Waals surface area contributed by atoms with E-state index in [-0.39, 0.29) is 5.76 Å². The SMILES string of the molecule is O=C(NN=Cc1ccc(Sc2nc3ccccc3[nH]2)o1)c1ccco1. The normalized spacial score (nSPS) is 11.4. The number of nitrogens with one attached hydrogen (secondary N) is 2. The number of nitrogens with zero attached hydrogens (tertiary/aromatic N) is 2. The number of carbonyl (C=O) groups excluding carboxylic acids is 1.